The average Bonchev–Trinajstić information content (AvgIpc) is 2.02. The number of ether oxygens (including phenoxy) is 2. The minimum atomic E-state index is -0.560. The molecule has 0 aromatic heterocycles. The van der Waals surface area contributed by atoms with Gasteiger partial charge in [-0.05, 0) is 27.2 Å². The standard InChI is InChI=1S/C11H20O3/c1-8(12)10(2,3)9-6-7-13-11(4,5)14-9/h9H,6-7H2,1-5H3/t9-/m0/s1. The normalized spacial score (nSPS) is 27.4. The highest BCUT2D eigenvalue weighted by Gasteiger charge is 2.41. The number of carbonyl (C=O) groups is 1. The molecule has 1 aliphatic rings. The van der Waals surface area contributed by atoms with Crippen molar-refractivity contribution in [3.63, 3.8) is 0 Å². The summed E-state index contributed by atoms with van der Waals surface area (Å²) >= 11 is 0. The maximum absolute atomic E-state index is 11.5. The first-order valence-electron chi connectivity index (χ1n) is 5.08. The van der Waals surface area contributed by atoms with Crippen LogP contribution in [0.3, 0.4) is 0 Å². The Morgan fingerprint density at radius 3 is 2.43 bits per heavy atom. The van der Waals surface area contributed by atoms with Gasteiger partial charge in [-0.3, -0.25) is 4.79 Å². The number of hydrogen-bond acceptors (Lipinski definition) is 3. The summed E-state index contributed by atoms with van der Waals surface area (Å²) in [6.45, 7) is 9.91. The average molecular weight is 200 g/mol. The predicted octanol–water partition coefficient (Wildman–Crippen LogP) is 2.14. The molecule has 0 saturated carbocycles. The monoisotopic (exact) mass is 200 g/mol. The molecule has 1 aliphatic heterocycles. The number of carbonyl (C=O) groups excluding carboxylic acids is 1. The van der Waals surface area contributed by atoms with E-state index in [-0.39, 0.29) is 11.9 Å². The van der Waals surface area contributed by atoms with E-state index in [0.29, 0.717) is 6.61 Å². The summed E-state index contributed by atoms with van der Waals surface area (Å²) < 4.78 is 11.2. The Balaban J connectivity index is 2.74. The summed E-state index contributed by atoms with van der Waals surface area (Å²) in [6.07, 6.45) is 0.750. The molecule has 1 fully saturated rings. The first kappa shape index (κ1) is 11.7. The molecule has 0 aliphatic carbocycles. The largest absolute Gasteiger partial charge is 0.350 e. The van der Waals surface area contributed by atoms with Crippen molar-refractivity contribution in [3.05, 3.63) is 0 Å². The van der Waals surface area contributed by atoms with Gasteiger partial charge in [-0.2, -0.15) is 0 Å². The second-order valence-electron chi connectivity index (χ2n) is 4.92. The van der Waals surface area contributed by atoms with Crippen LogP contribution in [0, 0.1) is 5.41 Å². The van der Waals surface area contributed by atoms with Crippen molar-refractivity contribution >= 4 is 5.78 Å². The predicted molar refractivity (Wildman–Crippen MR) is 54.0 cm³/mol. The Bertz CT molecular complexity index is 231. The fourth-order valence-electron chi connectivity index (χ4n) is 1.58. The summed E-state index contributed by atoms with van der Waals surface area (Å²) in [5, 5.41) is 0. The lowest BCUT2D eigenvalue weighted by Crippen LogP contribution is -2.48. The number of Topliss-reactive ketones (excluding diaryl/α,β-unsaturated/α-hetero) is 1. The van der Waals surface area contributed by atoms with Gasteiger partial charge in [0.05, 0.1) is 12.7 Å². The topological polar surface area (TPSA) is 35.5 Å². The first-order valence-corrected chi connectivity index (χ1v) is 5.08. The Morgan fingerprint density at radius 1 is 1.43 bits per heavy atom. The molecule has 0 radical (unpaired) electrons. The molecule has 1 atom stereocenters. The number of hydrogen-bond donors (Lipinski definition) is 0. The van der Waals surface area contributed by atoms with Crippen LogP contribution < -0.4 is 0 Å². The fraction of sp³-hybridized carbons (Fsp3) is 0.909. The highest BCUT2D eigenvalue weighted by molar-refractivity contribution is 5.82. The van der Waals surface area contributed by atoms with E-state index >= 15 is 0 Å². The molecular weight excluding hydrogens is 180 g/mol. The van der Waals surface area contributed by atoms with Gasteiger partial charge < -0.3 is 9.47 Å². The van der Waals surface area contributed by atoms with Gasteiger partial charge in [0, 0.05) is 5.41 Å². The van der Waals surface area contributed by atoms with Gasteiger partial charge in [-0.25, -0.2) is 0 Å². The van der Waals surface area contributed by atoms with Gasteiger partial charge in [-0.15, -0.1) is 0 Å². The summed E-state index contributed by atoms with van der Waals surface area (Å²) in [6, 6.07) is 0. The highest BCUT2D eigenvalue weighted by Crippen LogP contribution is 2.34. The molecule has 1 rings (SSSR count). The van der Waals surface area contributed by atoms with E-state index in [2.05, 4.69) is 0 Å². The van der Waals surface area contributed by atoms with E-state index in [9.17, 15) is 4.79 Å². The van der Waals surface area contributed by atoms with Gasteiger partial charge >= 0.3 is 0 Å². The number of ketones is 1. The van der Waals surface area contributed by atoms with E-state index in [4.69, 9.17) is 9.47 Å². The Hall–Kier alpha value is -0.410. The van der Waals surface area contributed by atoms with Crippen LogP contribution in [0.5, 0.6) is 0 Å². The summed E-state index contributed by atoms with van der Waals surface area (Å²) in [7, 11) is 0. The molecule has 0 unspecified atom stereocenters. The van der Waals surface area contributed by atoms with E-state index in [1.165, 1.54) is 0 Å². The maximum Gasteiger partial charge on any atom is 0.163 e. The van der Waals surface area contributed by atoms with E-state index in [1.54, 1.807) is 6.92 Å². The molecule has 1 heterocycles. The molecule has 3 nitrogen and oxygen atoms in total. The summed E-state index contributed by atoms with van der Waals surface area (Å²) in [4.78, 5) is 11.5. The van der Waals surface area contributed by atoms with Crippen LogP contribution in [0.2, 0.25) is 0 Å². The van der Waals surface area contributed by atoms with Gasteiger partial charge in [0.25, 0.3) is 0 Å². The van der Waals surface area contributed by atoms with Crippen LogP contribution in [0.4, 0.5) is 0 Å². The SMILES string of the molecule is CC(=O)C(C)(C)[C@@H]1CCOC(C)(C)O1. The van der Waals surface area contributed by atoms with Gasteiger partial charge in [0.15, 0.2) is 5.79 Å². The van der Waals surface area contributed by atoms with E-state index < -0.39 is 11.2 Å². The minimum Gasteiger partial charge on any atom is -0.350 e. The molecule has 0 spiro atoms. The van der Waals surface area contributed by atoms with Crippen LogP contribution in [0.1, 0.15) is 41.0 Å². The molecule has 0 aromatic rings. The third-order valence-electron chi connectivity index (χ3n) is 2.97. The minimum absolute atomic E-state index is 0.0382. The van der Waals surface area contributed by atoms with Crippen LogP contribution in [-0.2, 0) is 14.3 Å². The fourth-order valence-corrected chi connectivity index (χ4v) is 1.58. The van der Waals surface area contributed by atoms with Gasteiger partial charge in [-0.1, -0.05) is 13.8 Å². The maximum atomic E-state index is 11.5. The molecule has 0 bridgehead atoms. The van der Waals surface area contributed by atoms with Crippen molar-refractivity contribution in [2.75, 3.05) is 6.61 Å². The molecule has 0 amide bonds. The van der Waals surface area contributed by atoms with Crippen molar-refractivity contribution < 1.29 is 14.3 Å². The summed E-state index contributed by atoms with van der Waals surface area (Å²) in [5.74, 6) is -0.393. The second-order valence-corrected chi connectivity index (χ2v) is 4.92. The quantitative estimate of drug-likeness (QED) is 0.685. The molecule has 0 N–H and O–H groups in total. The lowest BCUT2D eigenvalue weighted by Gasteiger charge is -2.42. The molecule has 3 heteroatoms. The summed E-state index contributed by atoms with van der Waals surface area (Å²) in [5.41, 5.74) is -0.416. The van der Waals surface area contributed by atoms with Crippen molar-refractivity contribution in [3.8, 4) is 0 Å². The smallest absolute Gasteiger partial charge is 0.163 e. The molecule has 0 aromatic carbocycles. The van der Waals surface area contributed by atoms with Crippen molar-refractivity contribution in [2.24, 2.45) is 5.41 Å². The van der Waals surface area contributed by atoms with E-state index in [1.807, 2.05) is 27.7 Å². The third kappa shape index (κ3) is 2.34. The Kier molecular flexibility index (Phi) is 3.02. The number of rotatable bonds is 2. The highest BCUT2D eigenvalue weighted by atomic mass is 16.7. The lowest BCUT2D eigenvalue weighted by atomic mass is 9.80. The van der Waals surface area contributed by atoms with Crippen molar-refractivity contribution in [1.29, 1.82) is 0 Å². The zero-order valence-electron chi connectivity index (χ0n) is 9.72. The van der Waals surface area contributed by atoms with Crippen LogP contribution in [-0.4, -0.2) is 24.3 Å². The van der Waals surface area contributed by atoms with Crippen molar-refractivity contribution in [2.45, 2.75) is 52.9 Å². The lowest BCUT2D eigenvalue weighted by molar-refractivity contribution is -0.288. The van der Waals surface area contributed by atoms with Crippen molar-refractivity contribution in [1.82, 2.24) is 0 Å². The Labute approximate surface area is 85.8 Å². The van der Waals surface area contributed by atoms with Crippen LogP contribution in [0.25, 0.3) is 0 Å². The second kappa shape index (κ2) is 3.63. The third-order valence-corrected chi connectivity index (χ3v) is 2.97. The molecule has 82 valence electrons. The van der Waals surface area contributed by atoms with Gasteiger partial charge in [0.2, 0.25) is 0 Å². The Morgan fingerprint density at radius 2 is 2.00 bits per heavy atom. The van der Waals surface area contributed by atoms with Crippen LogP contribution >= 0.6 is 0 Å². The van der Waals surface area contributed by atoms with E-state index in [0.717, 1.165) is 6.42 Å². The van der Waals surface area contributed by atoms with Gasteiger partial charge in [0.1, 0.15) is 5.78 Å². The molecular formula is C11H20O3. The zero-order valence-corrected chi connectivity index (χ0v) is 9.72. The van der Waals surface area contributed by atoms with Crippen LogP contribution in [0.15, 0.2) is 0 Å². The first-order chi connectivity index (χ1) is 6.26. The zero-order chi connectivity index (χ0) is 11.0. The molecule has 14 heavy (non-hydrogen) atoms. The molecule has 1 saturated heterocycles.